The molecule has 0 spiro atoms. The molecule has 10 rings (SSSR count). The summed E-state index contributed by atoms with van der Waals surface area (Å²) in [5.74, 6) is 0. The predicted molar refractivity (Wildman–Crippen MR) is 211 cm³/mol. The molecule has 2 heteroatoms. The van der Waals surface area contributed by atoms with Gasteiger partial charge in [-0.25, -0.2) is 0 Å². The molecule has 0 N–H and O–H groups in total. The molecule has 0 saturated heterocycles. The molecular weight excluding hydrogens is 605 g/mol. The molecule has 2 nitrogen and oxygen atoms in total. The Morgan fingerprint density at radius 2 is 0.580 bits per heavy atom. The van der Waals surface area contributed by atoms with Gasteiger partial charge in [-0.3, -0.25) is 0 Å². The molecule has 2 aromatic heterocycles. The van der Waals surface area contributed by atoms with Gasteiger partial charge in [-0.05, 0) is 94.0 Å². The molecule has 10 aromatic rings. The van der Waals surface area contributed by atoms with Crippen LogP contribution in [0.25, 0.3) is 88.4 Å². The van der Waals surface area contributed by atoms with Gasteiger partial charge in [0, 0.05) is 32.9 Å². The van der Waals surface area contributed by atoms with E-state index in [-0.39, 0.29) is 0 Å². The van der Waals surface area contributed by atoms with Gasteiger partial charge in [0.05, 0.1) is 22.1 Å². The Kier molecular flexibility index (Phi) is 6.53. The van der Waals surface area contributed by atoms with Crippen molar-refractivity contribution in [3.8, 4) is 44.8 Å². The molecule has 8 aromatic carbocycles. The minimum atomic E-state index is 1.16. The van der Waals surface area contributed by atoms with Crippen molar-refractivity contribution in [2.24, 2.45) is 0 Å². The van der Waals surface area contributed by atoms with Gasteiger partial charge >= 0.3 is 0 Å². The van der Waals surface area contributed by atoms with Crippen molar-refractivity contribution in [3.63, 3.8) is 0 Å². The third-order valence-electron chi connectivity index (χ3n) is 10.1. The summed E-state index contributed by atoms with van der Waals surface area (Å²) >= 11 is 0. The molecule has 0 aliphatic carbocycles. The van der Waals surface area contributed by atoms with Gasteiger partial charge in [0.15, 0.2) is 0 Å². The standard InChI is InChI=1S/C48H32N2/c1-2-11-33(12-3-1)36-13-10-14-37(31-36)34-21-26-40(27-22-34)50-47-20-9-6-17-43(47)44-32-38(25-30-48(44)50)35-23-28-39(29-24-35)49-45-18-7-4-15-41(45)42-16-5-8-19-46(42)49/h1-32H. The van der Waals surface area contributed by atoms with Crippen molar-refractivity contribution in [1.82, 2.24) is 9.13 Å². The van der Waals surface area contributed by atoms with E-state index in [1.54, 1.807) is 0 Å². The van der Waals surface area contributed by atoms with Crippen molar-refractivity contribution < 1.29 is 0 Å². The van der Waals surface area contributed by atoms with Crippen LogP contribution < -0.4 is 0 Å². The summed E-state index contributed by atoms with van der Waals surface area (Å²) in [6, 6.07) is 70.4. The molecule has 0 bridgehead atoms. The van der Waals surface area contributed by atoms with E-state index >= 15 is 0 Å². The fourth-order valence-electron chi connectivity index (χ4n) is 7.75. The molecule has 50 heavy (non-hydrogen) atoms. The third kappa shape index (κ3) is 4.57. The van der Waals surface area contributed by atoms with Crippen LogP contribution in [0.2, 0.25) is 0 Å². The maximum atomic E-state index is 2.39. The second-order valence-corrected chi connectivity index (χ2v) is 13.0. The zero-order valence-corrected chi connectivity index (χ0v) is 27.4. The number of rotatable bonds is 5. The largest absolute Gasteiger partial charge is 0.309 e. The lowest BCUT2D eigenvalue weighted by Gasteiger charge is -2.11. The van der Waals surface area contributed by atoms with Crippen molar-refractivity contribution in [2.75, 3.05) is 0 Å². The van der Waals surface area contributed by atoms with Gasteiger partial charge in [-0.15, -0.1) is 0 Å². The van der Waals surface area contributed by atoms with Crippen LogP contribution in [0.4, 0.5) is 0 Å². The van der Waals surface area contributed by atoms with E-state index in [0.29, 0.717) is 0 Å². The van der Waals surface area contributed by atoms with Crippen LogP contribution in [0, 0.1) is 0 Å². The minimum absolute atomic E-state index is 1.16. The van der Waals surface area contributed by atoms with Gasteiger partial charge in [-0.1, -0.05) is 133 Å². The molecule has 0 amide bonds. The molecule has 0 radical (unpaired) electrons. The Morgan fingerprint density at radius 1 is 0.220 bits per heavy atom. The molecule has 0 aliphatic rings. The summed E-state index contributed by atoms with van der Waals surface area (Å²) in [5.41, 5.74) is 14.5. The van der Waals surface area contributed by atoms with Crippen molar-refractivity contribution >= 4 is 43.6 Å². The van der Waals surface area contributed by atoms with Gasteiger partial charge in [0.1, 0.15) is 0 Å². The summed E-state index contributed by atoms with van der Waals surface area (Å²) in [6.45, 7) is 0. The topological polar surface area (TPSA) is 9.86 Å². The zero-order valence-electron chi connectivity index (χ0n) is 27.4. The quantitative estimate of drug-likeness (QED) is 0.178. The van der Waals surface area contributed by atoms with Gasteiger partial charge in [-0.2, -0.15) is 0 Å². The summed E-state index contributed by atoms with van der Waals surface area (Å²) < 4.78 is 4.76. The SMILES string of the molecule is c1ccc(-c2cccc(-c3ccc(-n4c5ccccc5c5cc(-c6ccc(-n7c8ccccc8c8ccccc87)cc6)ccc54)cc3)c2)cc1. The number of nitrogens with zero attached hydrogens (tertiary/aromatic N) is 2. The first kappa shape index (κ1) is 28.4. The Morgan fingerprint density at radius 3 is 1.10 bits per heavy atom. The van der Waals surface area contributed by atoms with Crippen LogP contribution in [0.3, 0.4) is 0 Å². The van der Waals surface area contributed by atoms with Crippen LogP contribution in [-0.2, 0) is 0 Å². The average Bonchev–Trinajstić information content (AvgIpc) is 3.71. The van der Waals surface area contributed by atoms with Crippen LogP contribution in [-0.4, -0.2) is 9.13 Å². The fourth-order valence-corrected chi connectivity index (χ4v) is 7.75. The normalized spacial score (nSPS) is 11.6. The van der Waals surface area contributed by atoms with E-state index in [0.717, 1.165) is 5.69 Å². The van der Waals surface area contributed by atoms with Gasteiger partial charge in [0.25, 0.3) is 0 Å². The number of fused-ring (bicyclic) bond motifs is 6. The lowest BCUT2D eigenvalue weighted by atomic mass is 9.99. The molecular formula is C48H32N2. The summed E-state index contributed by atoms with van der Waals surface area (Å²) in [7, 11) is 0. The van der Waals surface area contributed by atoms with E-state index in [1.165, 1.54) is 82.7 Å². The molecule has 0 atom stereocenters. The highest BCUT2D eigenvalue weighted by Gasteiger charge is 2.15. The fraction of sp³-hybridized carbons (Fsp3) is 0. The van der Waals surface area contributed by atoms with Gasteiger partial charge in [0.2, 0.25) is 0 Å². The Labute approximate surface area is 290 Å². The van der Waals surface area contributed by atoms with E-state index in [4.69, 9.17) is 0 Å². The summed E-state index contributed by atoms with van der Waals surface area (Å²) in [6.07, 6.45) is 0. The van der Waals surface area contributed by atoms with E-state index in [2.05, 4.69) is 203 Å². The highest BCUT2D eigenvalue weighted by atomic mass is 15.0. The molecule has 0 saturated carbocycles. The predicted octanol–water partition coefficient (Wildman–Crippen LogP) is 12.9. The lowest BCUT2D eigenvalue weighted by Crippen LogP contribution is -1.94. The van der Waals surface area contributed by atoms with E-state index in [1.807, 2.05) is 0 Å². The van der Waals surface area contributed by atoms with Crippen LogP contribution in [0.15, 0.2) is 194 Å². The average molecular weight is 637 g/mol. The maximum Gasteiger partial charge on any atom is 0.0541 e. The lowest BCUT2D eigenvalue weighted by molar-refractivity contribution is 1.18. The first-order valence-corrected chi connectivity index (χ1v) is 17.2. The monoisotopic (exact) mass is 636 g/mol. The minimum Gasteiger partial charge on any atom is -0.309 e. The van der Waals surface area contributed by atoms with E-state index < -0.39 is 0 Å². The van der Waals surface area contributed by atoms with E-state index in [9.17, 15) is 0 Å². The highest BCUT2D eigenvalue weighted by Crippen LogP contribution is 2.37. The molecule has 234 valence electrons. The molecule has 0 fully saturated rings. The summed E-state index contributed by atoms with van der Waals surface area (Å²) in [4.78, 5) is 0. The molecule has 0 aliphatic heterocycles. The number of hydrogen-bond donors (Lipinski definition) is 0. The number of aromatic nitrogens is 2. The smallest absolute Gasteiger partial charge is 0.0541 e. The van der Waals surface area contributed by atoms with Gasteiger partial charge < -0.3 is 9.13 Å². The molecule has 0 unspecified atom stereocenters. The highest BCUT2D eigenvalue weighted by molar-refractivity contribution is 6.11. The van der Waals surface area contributed by atoms with Crippen LogP contribution in [0.1, 0.15) is 0 Å². The number of benzene rings is 8. The maximum absolute atomic E-state index is 2.39. The first-order valence-electron chi connectivity index (χ1n) is 17.2. The Balaban J connectivity index is 1.02. The zero-order chi connectivity index (χ0) is 33.0. The third-order valence-corrected chi connectivity index (χ3v) is 10.1. The van der Waals surface area contributed by atoms with Crippen molar-refractivity contribution in [1.29, 1.82) is 0 Å². The summed E-state index contributed by atoms with van der Waals surface area (Å²) in [5, 5.41) is 5.07. The Hall–Kier alpha value is -6.64. The molecule has 2 heterocycles. The second-order valence-electron chi connectivity index (χ2n) is 13.0. The van der Waals surface area contributed by atoms with Crippen molar-refractivity contribution in [2.45, 2.75) is 0 Å². The van der Waals surface area contributed by atoms with Crippen LogP contribution >= 0.6 is 0 Å². The van der Waals surface area contributed by atoms with Crippen molar-refractivity contribution in [3.05, 3.63) is 194 Å². The van der Waals surface area contributed by atoms with Crippen LogP contribution in [0.5, 0.6) is 0 Å². The Bertz CT molecular complexity index is 2780. The first-order chi connectivity index (χ1) is 24.8. The number of hydrogen-bond acceptors (Lipinski definition) is 0. The number of para-hydroxylation sites is 3. The second kappa shape index (κ2) is 11.5.